The number of nitrogens with zero attached hydrogens (tertiary/aromatic N) is 3. The van der Waals surface area contributed by atoms with Crippen molar-refractivity contribution in [2.75, 3.05) is 10.6 Å². The number of thiazole rings is 1. The van der Waals surface area contributed by atoms with Crippen molar-refractivity contribution in [3.05, 3.63) is 41.4 Å². The molecule has 23 heavy (non-hydrogen) atoms. The van der Waals surface area contributed by atoms with Gasteiger partial charge in [-0.1, -0.05) is 30.3 Å². The summed E-state index contributed by atoms with van der Waals surface area (Å²) in [6, 6.07) is 9.50. The maximum Gasteiger partial charge on any atom is 0.277 e. The summed E-state index contributed by atoms with van der Waals surface area (Å²) >= 11 is 2.28. The van der Waals surface area contributed by atoms with Crippen molar-refractivity contribution >= 4 is 44.9 Å². The van der Waals surface area contributed by atoms with Gasteiger partial charge in [0.2, 0.25) is 11.0 Å². The molecule has 9 heteroatoms. The molecule has 2 aromatic heterocycles. The second-order valence-corrected chi connectivity index (χ2v) is 6.07. The second-order valence-electron chi connectivity index (χ2n) is 4.46. The number of hydrogen-bond acceptors (Lipinski definition) is 7. The Morgan fingerprint density at radius 3 is 2.57 bits per heavy atom. The van der Waals surface area contributed by atoms with Gasteiger partial charge in [0.05, 0.1) is 0 Å². The van der Waals surface area contributed by atoms with E-state index in [1.807, 2.05) is 30.3 Å². The molecule has 2 heterocycles. The minimum Gasteiger partial charge on any atom is -0.302 e. The number of hydrogen-bond donors (Lipinski definition) is 2. The topological polar surface area (TPSA) is 96.9 Å². The highest BCUT2D eigenvalue weighted by molar-refractivity contribution is 7.14. The molecule has 0 spiro atoms. The molecule has 3 aromatic rings. The Morgan fingerprint density at radius 2 is 1.83 bits per heavy atom. The van der Waals surface area contributed by atoms with Gasteiger partial charge >= 0.3 is 0 Å². The summed E-state index contributed by atoms with van der Waals surface area (Å²) in [6.07, 6.45) is 0. The van der Waals surface area contributed by atoms with Gasteiger partial charge in [-0.15, -0.1) is 11.3 Å². The quantitative estimate of drug-likeness (QED) is 0.758. The number of benzene rings is 1. The number of nitrogens with one attached hydrogen (secondary N) is 2. The third-order valence-electron chi connectivity index (χ3n) is 2.70. The molecule has 2 amide bonds. The van der Waals surface area contributed by atoms with E-state index in [1.165, 1.54) is 18.3 Å². The van der Waals surface area contributed by atoms with Crippen molar-refractivity contribution < 1.29 is 9.59 Å². The van der Waals surface area contributed by atoms with Crippen molar-refractivity contribution in [3.63, 3.8) is 0 Å². The fraction of sp³-hybridized carbons (Fsp3) is 0.0714. The van der Waals surface area contributed by atoms with Gasteiger partial charge in [-0.3, -0.25) is 14.9 Å². The maximum atomic E-state index is 12.1. The Labute approximate surface area is 139 Å². The number of amides is 2. The van der Waals surface area contributed by atoms with E-state index in [0.29, 0.717) is 16.1 Å². The summed E-state index contributed by atoms with van der Waals surface area (Å²) in [5.74, 6) is -0.0698. The highest BCUT2D eigenvalue weighted by Crippen LogP contribution is 2.22. The molecule has 1 aromatic carbocycles. The van der Waals surface area contributed by atoms with Crippen LogP contribution in [0.1, 0.15) is 17.4 Å². The third kappa shape index (κ3) is 3.76. The van der Waals surface area contributed by atoms with E-state index in [0.717, 1.165) is 17.1 Å². The van der Waals surface area contributed by atoms with Gasteiger partial charge in [-0.25, -0.2) is 4.98 Å². The third-order valence-corrected chi connectivity index (χ3v) is 4.09. The van der Waals surface area contributed by atoms with E-state index < -0.39 is 5.91 Å². The molecule has 0 atom stereocenters. The lowest BCUT2D eigenvalue weighted by Gasteiger charge is -1.97. The second kappa shape index (κ2) is 6.63. The number of carbonyl (C=O) groups is 2. The largest absolute Gasteiger partial charge is 0.302 e. The average molecular weight is 345 g/mol. The van der Waals surface area contributed by atoms with E-state index in [-0.39, 0.29) is 11.6 Å². The van der Waals surface area contributed by atoms with Crippen LogP contribution in [0.3, 0.4) is 0 Å². The van der Waals surface area contributed by atoms with Gasteiger partial charge in [0.1, 0.15) is 5.69 Å². The summed E-state index contributed by atoms with van der Waals surface area (Å²) < 4.78 is 4.22. The van der Waals surface area contributed by atoms with Gasteiger partial charge in [-0.05, 0) is 0 Å². The number of carbonyl (C=O) groups excluding carboxylic acids is 2. The van der Waals surface area contributed by atoms with Crippen LogP contribution in [0.5, 0.6) is 0 Å². The fourth-order valence-corrected chi connectivity index (χ4v) is 3.05. The van der Waals surface area contributed by atoms with Crippen LogP contribution < -0.4 is 10.6 Å². The highest BCUT2D eigenvalue weighted by Gasteiger charge is 2.14. The van der Waals surface area contributed by atoms with Crippen LogP contribution in [0.25, 0.3) is 11.4 Å². The normalized spacial score (nSPS) is 10.3. The Kier molecular flexibility index (Phi) is 4.40. The van der Waals surface area contributed by atoms with Crippen LogP contribution >= 0.6 is 22.9 Å². The van der Waals surface area contributed by atoms with E-state index in [9.17, 15) is 9.59 Å². The summed E-state index contributed by atoms with van der Waals surface area (Å²) in [5, 5.41) is 7.53. The smallest absolute Gasteiger partial charge is 0.277 e. The van der Waals surface area contributed by atoms with Crippen LogP contribution in [0.15, 0.2) is 35.7 Å². The van der Waals surface area contributed by atoms with Crippen molar-refractivity contribution in [1.82, 2.24) is 14.3 Å². The fourth-order valence-electron chi connectivity index (χ4n) is 1.73. The van der Waals surface area contributed by atoms with Crippen LogP contribution in [0, 0.1) is 0 Å². The molecule has 0 aliphatic carbocycles. The van der Waals surface area contributed by atoms with Crippen molar-refractivity contribution in [2.45, 2.75) is 6.92 Å². The summed E-state index contributed by atoms with van der Waals surface area (Å²) in [5.41, 5.74) is 1.10. The zero-order valence-corrected chi connectivity index (χ0v) is 13.6. The number of anilines is 2. The molecule has 2 N–H and O–H groups in total. The monoisotopic (exact) mass is 345 g/mol. The minimum absolute atomic E-state index is 0.218. The van der Waals surface area contributed by atoms with Gasteiger partial charge in [0.15, 0.2) is 11.0 Å². The Hall–Kier alpha value is -2.65. The lowest BCUT2D eigenvalue weighted by molar-refractivity contribution is -0.114. The first-order chi connectivity index (χ1) is 11.1. The zero-order valence-electron chi connectivity index (χ0n) is 11.9. The zero-order chi connectivity index (χ0) is 16.2. The maximum absolute atomic E-state index is 12.1. The molecule has 0 aliphatic rings. The van der Waals surface area contributed by atoms with Crippen LogP contribution in [0.2, 0.25) is 0 Å². The van der Waals surface area contributed by atoms with Crippen molar-refractivity contribution in [2.24, 2.45) is 0 Å². The lowest BCUT2D eigenvalue weighted by atomic mass is 10.2. The van der Waals surface area contributed by atoms with Gasteiger partial charge < -0.3 is 5.32 Å². The van der Waals surface area contributed by atoms with Crippen LogP contribution in [-0.4, -0.2) is 26.2 Å². The molecule has 0 radical (unpaired) electrons. The minimum atomic E-state index is -0.395. The molecule has 0 aliphatic heterocycles. The lowest BCUT2D eigenvalue weighted by Crippen LogP contribution is -2.12. The number of aromatic nitrogens is 3. The molecule has 0 bridgehead atoms. The first-order valence-corrected chi connectivity index (χ1v) is 8.21. The van der Waals surface area contributed by atoms with E-state index >= 15 is 0 Å². The summed E-state index contributed by atoms with van der Waals surface area (Å²) in [4.78, 5) is 31.4. The predicted octanol–water partition coefficient (Wildman–Crippen LogP) is 2.87. The molecule has 0 unspecified atom stereocenters. The van der Waals surface area contributed by atoms with E-state index in [4.69, 9.17) is 0 Å². The Balaban J connectivity index is 1.70. The predicted molar refractivity (Wildman–Crippen MR) is 89.7 cm³/mol. The molecule has 116 valence electrons. The van der Waals surface area contributed by atoms with Crippen molar-refractivity contribution in [1.29, 1.82) is 0 Å². The molecule has 3 rings (SSSR count). The molecule has 0 saturated heterocycles. The summed E-state index contributed by atoms with van der Waals surface area (Å²) in [7, 11) is 0. The molecular formula is C14H11N5O2S2. The molecular weight excluding hydrogens is 334 g/mol. The highest BCUT2D eigenvalue weighted by atomic mass is 32.1. The summed E-state index contributed by atoms with van der Waals surface area (Å²) in [6.45, 7) is 1.38. The Bertz CT molecular complexity index is 844. The number of rotatable bonds is 4. The first-order valence-electron chi connectivity index (χ1n) is 6.55. The Morgan fingerprint density at radius 1 is 1.04 bits per heavy atom. The standard InChI is InChI=1S/C14H11N5O2S2/c1-8(20)15-13-16-10(7-22-13)12(21)18-14-17-11(19-23-14)9-5-3-2-4-6-9/h2-7H,1H3,(H,15,16,20)(H,17,18,19,21). The van der Waals surface area contributed by atoms with Crippen LogP contribution in [0.4, 0.5) is 10.3 Å². The molecule has 0 fully saturated rings. The van der Waals surface area contributed by atoms with Crippen LogP contribution in [-0.2, 0) is 4.79 Å². The van der Waals surface area contributed by atoms with E-state index in [1.54, 1.807) is 5.38 Å². The average Bonchev–Trinajstić information content (AvgIpc) is 3.17. The first kappa shape index (κ1) is 15.3. The van der Waals surface area contributed by atoms with Gasteiger partial charge in [-0.2, -0.15) is 9.36 Å². The van der Waals surface area contributed by atoms with Gasteiger partial charge in [0, 0.05) is 29.4 Å². The van der Waals surface area contributed by atoms with E-state index in [2.05, 4.69) is 25.0 Å². The SMILES string of the molecule is CC(=O)Nc1nc(C(=O)Nc2nc(-c3ccccc3)ns2)cs1. The molecule has 0 saturated carbocycles. The van der Waals surface area contributed by atoms with Gasteiger partial charge in [0.25, 0.3) is 5.91 Å². The van der Waals surface area contributed by atoms with Crippen molar-refractivity contribution in [3.8, 4) is 11.4 Å². The molecule has 7 nitrogen and oxygen atoms in total.